The van der Waals surface area contributed by atoms with Crippen LogP contribution in [0.3, 0.4) is 0 Å². The molecule has 6 nitrogen and oxygen atoms in total. The highest BCUT2D eigenvalue weighted by Gasteiger charge is 2.13. The number of carbonyl (C=O) groups is 1. The largest absolute Gasteiger partial charge is 0.364 e. The summed E-state index contributed by atoms with van der Waals surface area (Å²) in [5.41, 5.74) is 7.65. The Morgan fingerprint density at radius 3 is 2.82 bits per heavy atom. The summed E-state index contributed by atoms with van der Waals surface area (Å²) in [6, 6.07) is 0. The summed E-state index contributed by atoms with van der Waals surface area (Å²) < 4.78 is 1.84. The van der Waals surface area contributed by atoms with Crippen molar-refractivity contribution in [3.63, 3.8) is 0 Å². The van der Waals surface area contributed by atoms with E-state index in [9.17, 15) is 4.79 Å². The van der Waals surface area contributed by atoms with Gasteiger partial charge in [-0.3, -0.25) is 4.79 Å². The predicted octanol–water partition coefficient (Wildman–Crippen LogP) is 0.891. The normalized spacial score (nSPS) is 10.5. The van der Waals surface area contributed by atoms with Crippen molar-refractivity contribution in [3.8, 4) is 0 Å². The predicted molar refractivity (Wildman–Crippen MR) is 63.3 cm³/mol. The Bertz CT molecular complexity index is 595. The van der Waals surface area contributed by atoms with Crippen molar-refractivity contribution in [2.75, 3.05) is 0 Å². The van der Waals surface area contributed by atoms with Gasteiger partial charge in [-0.05, 0) is 13.8 Å². The van der Waals surface area contributed by atoms with E-state index in [1.807, 2.05) is 24.5 Å². The first-order valence-electron chi connectivity index (χ1n) is 5.18. The van der Waals surface area contributed by atoms with Crippen LogP contribution in [-0.4, -0.2) is 25.4 Å². The molecular formula is C11H13N5O. The third kappa shape index (κ3) is 2.15. The average Bonchev–Trinajstić information content (AvgIpc) is 2.68. The lowest BCUT2D eigenvalue weighted by Crippen LogP contribution is -2.14. The van der Waals surface area contributed by atoms with E-state index in [4.69, 9.17) is 5.73 Å². The summed E-state index contributed by atoms with van der Waals surface area (Å²) in [6.07, 6.45) is 5.00. The second kappa shape index (κ2) is 4.32. The molecule has 2 N–H and O–H groups in total. The number of aromatic nitrogens is 4. The van der Waals surface area contributed by atoms with Gasteiger partial charge in [0.15, 0.2) is 11.3 Å². The van der Waals surface area contributed by atoms with E-state index in [1.165, 1.54) is 11.9 Å². The number of hydrogen-bond donors (Lipinski definition) is 1. The zero-order valence-electron chi connectivity index (χ0n) is 9.71. The van der Waals surface area contributed by atoms with Crippen molar-refractivity contribution in [1.82, 2.24) is 19.5 Å². The van der Waals surface area contributed by atoms with Gasteiger partial charge in [-0.25, -0.2) is 15.0 Å². The van der Waals surface area contributed by atoms with E-state index in [2.05, 4.69) is 15.0 Å². The number of nitrogens with zero attached hydrogens (tertiary/aromatic N) is 4. The van der Waals surface area contributed by atoms with Gasteiger partial charge in [0.25, 0.3) is 5.91 Å². The van der Waals surface area contributed by atoms with E-state index < -0.39 is 5.91 Å². The molecule has 2 aromatic heterocycles. The summed E-state index contributed by atoms with van der Waals surface area (Å²) in [7, 11) is 0. The molecule has 2 rings (SSSR count). The fourth-order valence-electron chi connectivity index (χ4n) is 1.48. The van der Waals surface area contributed by atoms with Crippen molar-refractivity contribution >= 4 is 17.1 Å². The number of carbonyl (C=O) groups excluding carboxylic acids is 1. The highest BCUT2D eigenvalue weighted by atomic mass is 16.1. The zero-order chi connectivity index (χ0) is 12.4. The van der Waals surface area contributed by atoms with Crippen LogP contribution in [-0.2, 0) is 6.54 Å². The molecule has 0 aliphatic carbocycles. The topological polar surface area (TPSA) is 86.7 Å². The fraction of sp³-hybridized carbons (Fsp3) is 0.273. The molecule has 0 spiro atoms. The summed E-state index contributed by atoms with van der Waals surface area (Å²) in [5.74, 6) is -0.593. The summed E-state index contributed by atoms with van der Waals surface area (Å²) in [5, 5.41) is 0. The van der Waals surface area contributed by atoms with Gasteiger partial charge in [-0.2, -0.15) is 0 Å². The van der Waals surface area contributed by atoms with E-state index in [-0.39, 0.29) is 5.69 Å². The Labute approximate surface area is 98.2 Å². The molecule has 0 fully saturated rings. The number of amides is 1. The number of rotatable bonds is 3. The summed E-state index contributed by atoms with van der Waals surface area (Å²) in [4.78, 5) is 23.2. The van der Waals surface area contributed by atoms with E-state index in [0.29, 0.717) is 17.7 Å². The molecule has 2 aromatic rings. The third-order valence-electron chi connectivity index (χ3n) is 2.33. The quantitative estimate of drug-likeness (QED) is 0.795. The van der Waals surface area contributed by atoms with Crippen LogP contribution >= 0.6 is 0 Å². The molecule has 17 heavy (non-hydrogen) atoms. The molecule has 0 bridgehead atoms. The van der Waals surface area contributed by atoms with Crippen molar-refractivity contribution in [3.05, 3.63) is 30.0 Å². The maximum atomic E-state index is 11.2. The highest BCUT2D eigenvalue weighted by Crippen LogP contribution is 2.12. The van der Waals surface area contributed by atoms with Crippen LogP contribution < -0.4 is 5.73 Å². The second-order valence-corrected chi connectivity index (χ2v) is 3.94. The minimum atomic E-state index is -0.593. The molecule has 0 aliphatic heterocycles. The second-order valence-electron chi connectivity index (χ2n) is 3.94. The molecule has 0 radical (unpaired) electrons. The van der Waals surface area contributed by atoms with Gasteiger partial charge in [0, 0.05) is 6.54 Å². The number of allylic oxidation sites excluding steroid dienone is 2. The van der Waals surface area contributed by atoms with Gasteiger partial charge < -0.3 is 10.3 Å². The van der Waals surface area contributed by atoms with Crippen LogP contribution in [0.4, 0.5) is 0 Å². The van der Waals surface area contributed by atoms with Gasteiger partial charge in [0.05, 0.1) is 6.33 Å². The number of fused-ring (bicyclic) bond motifs is 1. The first kappa shape index (κ1) is 11.3. The molecule has 0 aliphatic rings. The van der Waals surface area contributed by atoms with Crippen LogP contribution in [0.5, 0.6) is 0 Å². The molecule has 0 saturated carbocycles. The Hall–Kier alpha value is -2.24. The number of imidazole rings is 1. The lowest BCUT2D eigenvalue weighted by molar-refractivity contribution is 0.0997. The molecule has 0 atom stereocenters. The maximum Gasteiger partial charge on any atom is 0.269 e. The number of hydrogen-bond acceptors (Lipinski definition) is 4. The lowest BCUT2D eigenvalue weighted by Gasteiger charge is -2.00. The third-order valence-corrected chi connectivity index (χ3v) is 2.33. The Morgan fingerprint density at radius 2 is 2.18 bits per heavy atom. The van der Waals surface area contributed by atoms with Gasteiger partial charge in [-0.1, -0.05) is 11.6 Å². The number of primary amides is 1. The van der Waals surface area contributed by atoms with E-state index in [1.54, 1.807) is 6.33 Å². The molecule has 0 saturated heterocycles. The van der Waals surface area contributed by atoms with Gasteiger partial charge in [0.2, 0.25) is 0 Å². The van der Waals surface area contributed by atoms with Crippen molar-refractivity contribution < 1.29 is 4.79 Å². The molecular weight excluding hydrogens is 218 g/mol. The summed E-state index contributed by atoms with van der Waals surface area (Å²) in [6.45, 7) is 4.69. The molecule has 0 unspecified atom stereocenters. The first-order valence-corrected chi connectivity index (χ1v) is 5.18. The Morgan fingerprint density at radius 1 is 1.41 bits per heavy atom. The number of nitrogens with two attached hydrogens (primary N) is 1. The van der Waals surface area contributed by atoms with E-state index >= 15 is 0 Å². The van der Waals surface area contributed by atoms with Crippen LogP contribution in [0.25, 0.3) is 11.2 Å². The average molecular weight is 231 g/mol. The fourth-order valence-corrected chi connectivity index (χ4v) is 1.48. The molecule has 0 aromatic carbocycles. The molecule has 88 valence electrons. The minimum absolute atomic E-state index is 0.158. The van der Waals surface area contributed by atoms with Crippen molar-refractivity contribution in [2.24, 2.45) is 5.73 Å². The SMILES string of the molecule is CC(C)=CCn1cnc2c(C(N)=O)ncnc21. The standard InChI is InChI=1S/C11H13N5O/c1-7(2)3-4-16-6-15-9-8(10(12)17)13-5-14-11(9)16/h3,5-6H,4H2,1-2H3,(H2,12,17). The van der Waals surface area contributed by atoms with Gasteiger partial charge in [0.1, 0.15) is 11.8 Å². The van der Waals surface area contributed by atoms with Crippen LogP contribution in [0, 0.1) is 0 Å². The maximum absolute atomic E-state index is 11.2. The van der Waals surface area contributed by atoms with Crippen LogP contribution in [0.15, 0.2) is 24.3 Å². The molecule has 6 heteroatoms. The minimum Gasteiger partial charge on any atom is -0.364 e. The molecule has 2 heterocycles. The van der Waals surface area contributed by atoms with Crippen LogP contribution in [0.1, 0.15) is 24.3 Å². The monoisotopic (exact) mass is 231 g/mol. The van der Waals surface area contributed by atoms with E-state index in [0.717, 1.165) is 0 Å². The smallest absolute Gasteiger partial charge is 0.269 e. The van der Waals surface area contributed by atoms with Gasteiger partial charge >= 0.3 is 0 Å². The van der Waals surface area contributed by atoms with Crippen molar-refractivity contribution in [1.29, 1.82) is 0 Å². The van der Waals surface area contributed by atoms with Crippen LogP contribution in [0.2, 0.25) is 0 Å². The summed E-state index contributed by atoms with van der Waals surface area (Å²) >= 11 is 0. The Kier molecular flexibility index (Phi) is 2.86. The van der Waals surface area contributed by atoms with Gasteiger partial charge in [-0.15, -0.1) is 0 Å². The Balaban J connectivity index is 2.51. The lowest BCUT2D eigenvalue weighted by atomic mass is 10.3. The first-order chi connectivity index (χ1) is 8.09. The highest BCUT2D eigenvalue weighted by molar-refractivity contribution is 6.01. The van der Waals surface area contributed by atoms with Crippen molar-refractivity contribution in [2.45, 2.75) is 20.4 Å². The molecule has 1 amide bonds. The zero-order valence-corrected chi connectivity index (χ0v) is 9.71.